The van der Waals surface area contributed by atoms with E-state index in [-0.39, 0.29) is 5.82 Å². The van der Waals surface area contributed by atoms with Gasteiger partial charge in [-0.05, 0) is 49.4 Å². The minimum atomic E-state index is -0.155. The summed E-state index contributed by atoms with van der Waals surface area (Å²) in [4.78, 5) is 2.45. The van der Waals surface area contributed by atoms with Crippen molar-refractivity contribution in [2.24, 2.45) is 11.8 Å². The molecule has 3 rings (SSSR count). The molecule has 1 unspecified atom stereocenters. The molecule has 18 heavy (non-hydrogen) atoms. The Morgan fingerprint density at radius 1 is 1.17 bits per heavy atom. The zero-order valence-electron chi connectivity index (χ0n) is 10.9. The molecule has 1 N–H and O–H groups in total. The lowest BCUT2D eigenvalue weighted by molar-refractivity contribution is 0.358. The Morgan fingerprint density at radius 3 is 2.39 bits per heavy atom. The van der Waals surface area contributed by atoms with Gasteiger partial charge in [0.1, 0.15) is 5.82 Å². The summed E-state index contributed by atoms with van der Waals surface area (Å²) in [6.45, 7) is 3.39. The number of fused-ring (bicyclic) bond motifs is 1. The Bertz CT molecular complexity index is 389. The standard InChI is InChI=1S/C15H21FN2/c1-18-9-12-6-15(7-13(12)10-18)17-8-11-2-4-14(16)5-3-11/h2-5,12-13,15,17H,6-10H2,1H3/t12-,13+,15?. The summed E-state index contributed by atoms with van der Waals surface area (Å²) < 4.78 is 12.8. The van der Waals surface area contributed by atoms with Crippen molar-refractivity contribution in [1.29, 1.82) is 0 Å². The molecule has 1 aromatic rings. The van der Waals surface area contributed by atoms with E-state index in [1.54, 1.807) is 0 Å². The van der Waals surface area contributed by atoms with Crippen LogP contribution in [0.4, 0.5) is 4.39 Å². The second kappa shape index (κ2) is 4.98. The fourth-order valence-corrected chi connectivity index (χ4v) is 3.57. The topological polar surface area (TPSA) is 15.3 Å². The number of hydrogen-bond acceptors (Lipinski definition) is 2. The van der Waals surface area contributed by atoms with Gasteiger partial charge in [-0.25, -0.2) is 4.39 Å². The third kappa shape index (κ3) is 2.57. The summed E-state index contributed by atoms with van der Waals surface area (Å²) in [5.41, 5.74) is 1.17. The molecule has 3 atom stereocenters. The van der Waals surface area contributed by atoms with Gasteiger partial charge in [0.05, 0.1) is 0 Å². The van der Waals surface area contributed by atoms with Crippen molar-refractivity contribution < 1.29 is 4.39 Å². The van der Waals surface area contributed by atoms with Crippen LogP contribution in [0.3, 0.4) is 0 Å². The molecule has 1 saturated carbocycles. The van der Waals surface area contributed by atoms with E-state index in [1.165, 1.54) is 43.6 Å². The van der Waals surface area contributed by atoms with Crippen molar-refractivity contribution in [2.45, 2.75) is 25.4 Å². The lowest BCUT2D eigenvalue weighted by Gasteiger charge is -2.16. The van der Waals surface area contributed by atoms with Crippen LogP contribution in [0.1, 0.15) is 18.4 Å². The molecule has 3 heteroatoms. The van der Waals surface area contributed by atoms with Gasteiger partial charge in [0.25, 0.3) is 0 Å². The number of rotatable bonds is 3. The number of halogens is 1. The molecule has 2 aliphatic rings. The SMILES string of the molecule is CN1C[C@H]2CC(NCc3ccc(F)cc3)C[C@H]2C1. The van der Waals surface area contributed by atoms with Crippen molar-refractivity contribution in [3.8, 4) is 0 Å². The summed E-state index contributed by atoms with van der Waals surface area (Å²) in [6, 6.07) is 7.46. The Kier molecular flexibility index (Phi) is 3.35. The quantitative estimate of drug-likeness (QED) is 0.882. The second-order valence-corrected chi connectivity index (χ2v) is 5.92. The smallest absolute Gasteiger partial charge is 0.123 e. The highest BCUT2D eigenvalue weighted by atomic mass is 19.1. The molecule has 1 aromatic carbocycles. The fraction of sp³-hybridized carbons (Fsp3) is 0.600. The van der Waals surface area contributed by atoms with E-state index in [9.17, 15) is 4.39 Å². The second-order valence-electron chi connectivity index (χ2n) is 5.92. The molecule has 1 heterocycles. The zero-order valence-corrected chi connectivity index (χ0v) is 10.9. The molecule has 98 valence electrons. The maximum Gasteiger partial charge on any atom is 0.123 e. The van der Waals surface area contributed by atoms with Crippen LogP contribution in [0, 0.1) is 17.7 Å². The number of nitrogens with zero attached hydrogens (tertiary/aromatic N) is 1. The normalized spacial score (nSPS) is 31.8. The Hall–Kier alpha value is -0.930. The summed E-state index contributed by atoms with van der Waals surface area (Å²) >= 11 is 0. The summed E-state index contributed by atoms with van der Waals surface area (Å²) in [7, 11) is 2.22. The van der Waals surface area contributed by atoms with Crippen molar-refractivity contribution in [3.05, 3.63) is 35.6 Å². The Labute approximate surface area is 108 Å². The lowest BCUT2D eigenvalue weighted by Crippen LogP contribution is -2.28. The molecule has 2 fully saturated rings. The zero-order chi connectivity index (χ0) is 12.5. The van der Waals surface area contributed by atoms with Gasteiger partial charge < -0.3 is 10.2 Å². The molecule has 2 nitrogen and oxygen atoms in total. The average molecular weight is 248 g/mol. The van der Waals surface area contributed by atoms with Gasteiger partial charge in [-0.15, -0.1) is 0 Å². The van der Waals surface area contributed by atoms with E-state index in [0.717, 1.165) is 18.4 Å². The van der Waals surface area contributed by atoms with Gasteiger partial charge >= 0.3 is 0 Å². The fourth-order valence-electron chi connectivity index (χ4n) is 3.57. The van der Waals surface area contributed by atoms with Gasteiger partial charge in [-0.3, -0.25) is 0 Å². The highest BCUT2D eigenvalue weighted by molar-refractivity contribution is 5.16. The molecule has 0 amide bonds. The van der Waals surface area contributed by atoms with Crippen LogP contribution in [0.25, 0.3) is 0 Å². The van der Waals surface area contributed by atoms with E-state index in [0.29, 0.717) is 6.04 Å². The van der Waals surface area contributed by atoms with Gasteiger partial charge in [0.2, 0.25) is 0 Å². The van der Waals surface area contributed by atoms with Crippen LogP contribution in [-0.4, -0.2) is 31.1 Å². The van der Waals surface area contributed by atoms with Gasteiger partial charge in [-0.1, -0.05) is 12.1 Å². The molecule has 1 aliphatic carbocycles. The van der Waals surface area contributed by atoms with Gasteiger partial charge in [-0.2, -0.15) is 0 Å². The minimum Gasteiger partial charge on any atom is -0.310 e. The minimum absolute atomic E-state index is 0.155. The summed E-state index contributed by atoms with van der Waals surface area (Å²) in [5, 5.41) is 3.62. The Morgan fingerprint density at radius 2 is 1.78 bits per heavy atom. The van der Waals surface area contributed by atoms with Crippen LogP contribution < -0.4 is 5.32 Å². The van der Waals surface area contributed by atoms with E-state index in [4.69, 9.17) is 0 Å². The highest BCUT2D eigenvalue weighted by Crippen LogP contribution is 2.37. The molecular formula is C15H21FN2. The van der Waals surface area contributed by atoms with E-state index in [1.807, 2.05) is 12.1 Å². The molecule has 1 saturated heterocycles. The third-order valence-electron chi connectivity index (χ3n) is 4.44. The first-order valence-corrected chi connectivity index (χ1v) is 6.87. The number of hydrogen-bond donors (Lipinski definition) is 1. The van der Waals surface area contributed by atoms with Crippen LogP contribution >= 0.6 is 0 Å². The predicted molar refractivity (Wildman–Crippen MR) is 70.7 cm³/mol. The molecule has 0 aromatic heterocycles. The lowest BCUT2D eigenvalue weighted by atomic mass is 10.0. The van der Waals surface area contributed by atoms with Crippen LogP contribution in [0.15, 0.2) is 24.3 Å². The monoisotopic (exact) mass is 248 g/mol. The molecule has 0 bridgehead atoms. The third-order valence-corrected chi connectivity index (χ3v) is 4.44. The number of likely N-dealkylation sites (tertiary alicyclic amines) is 1. The van der Waals surface area contributed by atoms with Crippen molar-refractivity contribution in [2.75, 3.05) is 20.1 Å². The van der Waals surface area contributed by atoms with Crippen molar-refractivity contribution in [3.63, 3.8) is 0 Å². The van der Waals surface area contributed by atoms with Crippen LogP contribution in [0.5, 0.6) is 0 Å². The Balaban J connectivity index is 1.49. The van der Waals surface area contributed by atoms with Crippen molar-refractivity contribution >= 4 is 0 Å². The number of benzene rings is 1. The van der Waals surface area contributed by atoms with Crippen LogP contribution in [0.2, 0.25) is 0 Å². The van der Waals surface area contributed by atoms with E-state index in [2.05, 4.69) is 17.3 Å². The summed E-state index contributed by atoms with van der Waals surface area (Å²) in [5.74, 6) is 1.62. The maximum atomic E-state index is 12.8. The highest BCUT2D eigenvalue weighted by Gasteiger charge is 2.39. The molecule has 0 radical (unpaired) electrons. The molecular weight excluding hydrogens is 227 g/mol. The van der Waals surface area contributed by atoms with E-state index < -0.39 is 0 Å². The first-order valence-electron chi connectivity index (χ1n) is 6.87. The van der Waals surface area contributed by atoms with Crippen LogP contribution in [-0.2, 0) is 6.54 Å². The maximum absolute atomic E-state index is 12.8. The first kappa shape index (κ1) is 12.1. The average Bonchev–Trinajstić information content (AvgIpc) is 2.85. The largest absolute Gasteiger partial charge is 0.310 e. The number of nitrogens with one attached hydrogen (secondary N) is 1. The summed E-state index contributed by atoms with van der Waals surface area (Å²) in [6.07, 6.45) is 2.60. The van der Waals surface area contributed by atoms with Gasteiger partial charge in [0.15, 0.2) is 0 Å². The molecule has 0 spiro atoms. The first-order chi connectivity index (χ1) is 8.70. The van der Waals surface area contributed by atoms with Gasteiger partial charge in [0, 0.05) is 25.7 Å². The van der Waals surface area contributed by atoms with E-state index >= 15 is 0 Å². The predicted octanol–water partition coefficient (Wildman–Crippen LogP) is 2.26. The van der Waals surface area contributed by atoms with Crippen molar-refractivity contribution in [1.82, 2.24) is 10.2 Å². The molecule has 1 aliphatic heterocycles.